The number of unbranched alkanes of at least 4 members (excludes halogenated alkanes) is 2. The summed E-state index contributed by atoms with van der Waals surface area (Å²) in [6.07, 6.45) is 5.72. The number of benzene rings is 2. The van der Waals surface area contributed by atoms with Crippen molar-refractivity contribution in [2.45, 2.75) is 32.6 Å². The molecule has 0 aliphatic rings. The Bertz CT molecular complexity index is 1010. The van der Waals surface area contributed by atoms with Gasteiger partial charge in [-0.15, -0.1) is 0 Å². The van der Waals surface area contributed by atoms with Crippen LogP contribution in [0.15, 0.2) is 70.4 Å². The molecule has 4 nitrogen and oxygen atoms in total. The lowest BCUT2D eigenvalue weighted by Crippen LogP contribution is -2.04. The van der Waals surface area contributed by atoms with Gasteiger partial charge in [0.2, 0.25) is 0 Å². The predicted molar refractivity (Wildman–Crippen MR) is 107 cm³/mol. The Hall–Kier alpha value is -3.14. The first-order valence-electron chi connectivity index (χ1n) is 9.12. The number of carbonyl (C=O) groups excluding carboxylic acids is 1. The summed E-state index contributed by atoms with van der Waals surface area (Å²) in [5.41, 5.74) is 2.60. The third kappa shape index (κ3) is 4.53. The SMILES string of the molecule is C=CC(=O)Oc1ccc2oc(=O)c(-c3ccc(CCCCC)cc3)cc2c1. The highest BCUT2D eigenvalue weighted by molar-refractivity contribution is 5.86. The lowest BCUT2D eigenvalue weighted by Gasteiger charge is -2.06. The molecule has 0 amide bonds. The third-order valence-electron chi connectivity index (χ3n) is 4.42. The van der Waals surface area contributed by atoms with Crippen molar-refractivity contribution in [3.63, 3.8) is 0 Å². The molecule has 2 aromatic carbocycles. The van der Waals surface area contributed by atoms with Crippen LogP contribution in [0.5, 0.6) is 5.75 Å². The molecule has 0 atom stereocenters. The van der Waals surface area contributed by atoms with Gasteiger partial charge in [0, 0.05) is 11.5 Å². The average molecular weight is 362 g/mol. The van der Waals surface area contributed by atoms with E-state index in [4.69, 9.17) is 9.15 Å². The Labute approximate surface area is 158 Å². The summed E-state index contributed by atoms with van der Waals surface area (Å²) in [5.74, 6) is -0.163. The lowest BCUT2D eigenvalue weighted by molar-refractivity contribution is -0.128. The zero-order valence-corrected chi connectivity index (χ0v) is 15.4. The van der Waals surface area contributed by atoms with Crippen LogP contribution in [-0.2, 0) is 11.2 Å². The molecule has 0 saturated carbocycles. The minimum Gasteiger partial charge on any atom is -0.423 e. The lowest BCUT2D eigenvalue weighted by atomic mass is 10.0. The van der Waals surface area contributed by atoms with Crippen LogP contribution in [0.1, 0.15) is 31.7 Å². The van der Waals surface area contributed by atoms with Crippen LogP contribution in [0.25, 0.3) is 22.1 Å². The molecule has 3 aromatic rings. The number of hydrogen-bond donors (Lipinski definition) is 0. The minimum atomic E-state index is -0.536. The summed E-state index contributed by atoms with van der Waals surface area (Å²) in [4.78, 5) is 23.7. The molecule has 0 spiro atoms. The normalized spacial score (nSPS) is 10.7. The fraction of sp³-hybridized carbons (Fsp3) is 0.217. The maximum atomic E-state index is 12.4. The summed E-state index contributed by atoms with van der Waals surface area (Å²) in [5, 5.41) is 0.686. The van der Waals surface area contributed by atoms with Crippen LogP contribution >= 0.6 is 0 Å². The van der Waals surface area contributed by atoms with E-state index in [0.717, 1.165) is 18.1 Å². The smallest absolute Gasteiger partial charge is 0.344 e. The Kier molecular flexibility index (Phi) is 5.87. The molecule has 0 aliphatic carbocycles. The first-order valence-corrected chi connectivity index (χ1v) is 9.12. The van der Waals surface area contributed by atoms with Crippen molar-refractivity contribution in [2.24, 2.45) is 0 Å². The van der Waals surface area contributed by atoms with Gasteiger partial charge in [0.1, 0.15) is 11.3 Å². The van der Waals surface area contributed by atoms with Crippen LogP contribution in [0, 0.1) is 0 Å². The second kappa shape index (κ2) is 8.49. The highest BCUT2D eigenvalue weighted by Gasteiger charge is 2.10. The molecule has 1 heterocycles. The van der Waals surface area contributed by atoms with Crippen molar-refractivity contribution >= 4 is 16.9 Å². The number of carbonyl (C=O) groups is 1. The molecule has 27 heavy (non-hydrogen) atoms. The van der Waals surface area contributed by atoms with Crippen LogP contribution in [-0.4, -0.2) is 5.97 Å². The van der Waals surface area contributed by atoms with Crippen molar-refractivity contribution in [2.75, 3.05) is 0 Å². The molecule has 0 saturated heterocycles. The standard InChI is InChI=1S/C23H22O4/c1-3-5-6-7-16-8-10-17(11-9-16)20-15-18-14-19(26-22(24)4-2)12-13-21(18)27-23(20)25/h4,8-15H,2-3,5-7H2,1H3. The van der Waals surface area contributed by atoms with Gasteiger partial charge in [-0.05, 0) is 48.2 Å². The van der Waals surface area contributed by atoms with E-state index in [-0.39, 0.29) is 0 Å². The molecule has 4 heteroatoms. The van der Waals surface area contributed by atoms with Crippen molar-refractivity contribution in [1.29, 1.82) is 0 Å². The summed E-state index contributed by atoms with van der Waals surface area (Å²) in [7, 11) is 0. The predicted octanol–water partition coefficient (Wildman–Crippen LogP) is 5.28. The van der Waals surface area contributed by atoms with E-state index in [2.05, 4.69) is 25.6 Å². The first-order chi connectivity index (χ1) is 13.1. The molecular weight excluding hydrogens is 340 g/mol. The topological polar surface area (TPSA) is 56.5 Å². The third-order valence-corrected chi connectivity index (χ3v) is 4.42. The summed E-state index contributed by atoms with van der Waals surface area (Å²) in [6, 6.07) is 14.6. The number of esters is 1. The van der Waals surface area contributed by atoms with Gasteiger partial charge in [-0.2, -0.15) is 0 Å². The van der Waals surface area contributed by atoms with Gasteiger partial charge in [0.15, 0.2) is 0 Å². The molecule has 0 fully saturated rings. The zero-order valence-electron chi connectivity index (χ0n) is 15.4. The van der Waals surface area contributed by atoms with Crippen molar-refractivity contribution in [1.82, 2.24) is 0 Å². The second-order valence-electron chi connectivity index (χ2n) is 6.43. The van der Waals surface area contributed by atoms with Gasteiger partial charge in [-0.1, -0.05) is 50.6 Å². The Morgan fingerprint density at radius 3 is 2.59 bits per heavy atom. The number of fused-ring (bicyclic) bond motifs is 1. The molecule has 138 valence electrons. The number of hydrogen-bond acceptors (Lipinski definition) is 4. The van der Waals surface area contributed by atoms with Crippen molar-refractivity contribution < 1.29 is 13.9 Å². The molecular formula is C23H22O4. The molecule has 1 aromatic heterocycles. The minimum absolute atomic E-state index is 0.374. The van der Waals surface area contributed by atoms with E-state index in [1.54, 1.807) is 24.3 Å². The van der Waals surface area contributed by atoms with E-state index in [1.165, 1.54) is 24.8 Å². The van der Waals surface area contributed by atoms with Crippen LogP contribution in [0.4, 0.5) is 0 Å². The number of rotatable bonds is 7. The van der Waals surface area contributed by atoms with Gasteiger partial charge in [0.25, 0.3) is 0 Å². The molecule has 0 aliphatic heterocycles. The van der Waals surface area contributed by atoms with Crippen LogP contribution in [0.3, 0.4) is 0 Å². The number of ether oxygens (including phenoxy) is 1. The van der Waals surface area contributed by atoms with E-state index in [0.29, 0.717) is 22.3 Å². The average Bonchev–Trinajstić information content (AvgIpc) is 2.68. The van der Waals surface area contributed by atoms with Crippen LogP contribution < -0.4 is 10.4 Å². The van der Waals surface area contributed by atoms with Gasteiger partial charge in [-0.3, -0.25) is 0 Å². The van der Waals surface area contributed by atoms with Crippen molar-refractivity contribution in [3.8, 4) is 16.9 Å². The molecule has 0 unspecified atom stereocenters. The van der Waals surface area contributed by atoms with Gasteiger partial charge < -0.3 is 9.15 Å². The Balaban J connectivity index is 1.91. The van der Waals surface area contributed by atoms with E-state index in [9.17, 15) is 9.59 Å². The molecule has 0 N–H and O–H groups in total. The quantitative estimate of drug-likeness (QED) is 0.188. The first kappa shape index (κ1) is 18.6. The molecule has 0 radical (unpaired) electrons. The van der Waals surface area contributed by atoms with Gasteiger partial charge >= 0.3 is 11.6 Å². The Morgan fingerprint density at radius 1 is 1.11 bits per heavy atom. The highest BCUT2D eigenvalue weighted by atomic mass is 16.5. The fourth-order valence-corrected chi connectivity index (χ4v) is 2.95. The van der Waals surface area contributed by atoms with Crippen LogP contribution in [0.2, 0.25) is 0 Å². The number of aryl methyl sites for hydroxylation is 1. The van der Waals surface area contributed by atoms with Gasteiger partial charge in [-0.25, -0.2) is 9.59 Å². The zero-order chi connectivity index (χ0) is 19.2. The monoisotopic (exact) mass is 362 g/mol. The molecule has 3 rings (SSSR count). The summed E-state index contributed by atoms with van der Waals surface area (Å²) < 4.78 is 10.6. The van der Waals surface area contributed by atoms with Gasteiger partial charge in [0.05, 0.1) is 5.56 Å². The van der Waals surface area contributed by atoms with E-state index in [1.807, 2.05) is 12.1 Å². The Morgan fingerprint density at radius 2 is 1.89 bits per heavy atom. The highest BCUT2D eigenvalue weighted by Crippen LogP contribution is 2.25. The fourth-order valence-electron chi connectivity index (χ4n) is 2.95. The summed E-state index contributed by atoms with van der Waals surface area (Å²) >= 11 is 0. The maximum absolute atomic E-state index is 12.4. The summed E-state index contributed by atoms with van der Waals surface area (Å²) in [6.45, 7) is 5.57. The maximum Gasteiger partial charge on any atom is 0.344 e. The second-order valence-corrected chi connectivity index (χ2v) is 6.43. The molecule has 0 bridgehead atoms. The largest absolute Gasteiger partial charge is 0.423 e. The van der Waals surface area contributed by atoms with Crippen molar-refractivity contribution in [3.05, 3.63) is 77.2 Å². The van der Waals surface area contributed by atoms with E-state index < -0.39 is 11.6 Å². The van der Waals surface area contributed by atoms with E-state index >= 15 is 0 Å².